The molecule has 8 nitrogen and oxygen atoms in total. The molecule has 0 radical (unpaired) electrons. The van der Waals surface area contributed by atoms with Gasteiger partial charge in [0.15, 0.2) is 5.82 Å². The lowest BCUT2D eigenvalue weighted by Gasteiger charge is -2.27. The van der Waals surface area contributed by atoms with Crippen LogP contribution < -0.4 is 14.5 Å². The molecule has 1 aliphatic rings. The first-order chi connectivity index (χ1) is 12.1. The van der Waals surface area contributed by atoms with Gasteiger partial charge in [0.05, 0.1) is 18.7 Å². The summed E-state index contributed by atoms with van der Waals surface area (Å²) in [6.07, 6.45) is -2.76. The lowest BCUT2D eigenvalue weighted by molar-refractivity contribution is -0.129. The third kappa shape index (κ3) is 6.56. The van der Waals surface area contributed by atoms with Crippen molar-refractivity contribution in [2.24, 2.45) is 0 Å². The molecule has 1 N–H and O–H groups in total. The minimum Gasteiger partial charge on any atom is -0.347 e. The topological polar surface area (TPSA) is 91.3 Å². The van der Waals surface area contributed by atoms with Gasteiger partial charge in [0.25, 0.3) is 0 Å². The number of anilines is 2. The molecule has 1 aromatic rings. The van der Waals surface area contributed by atoms with Gasteiger partial charge in [-0.1, -0.05) is 0 Å². The molecule has 2 rings (SSSR count). The second-order valence-electron chi connectivity index (χ2n) is 6.30. The number of aromatic nitrogens is 3. The Morgan fingerprint density at radius 1 is 1.12 bits per heavy atom. The second-order valence-corrected chi connectivity index (χ2v) is 8.23. The Labute approximate surface area is 150 Å². The fourth-order valence-corrected chi connectivity index (χ4v) is 3.40. The molecule has 0 spiro atoms. The highest BCUT2D eigenvalue weighted by molar-refractivity contribution is 7.89. The molecule has 1 fully saturated rings. The minimum atomic E-state index is -4.53. The highest BCUT2D eigenvalue weighted by Crippen LogP contribution is 2.20. The van der Waals surface area contributed by atoms with Gasteiger partial charge in [-0.3, -0.25) is 0 Å². The summed E-state index contributed by atoms with van der Waals surface area (Å²) < 4.78 is 62.3. The molecule has 0 bridgehead atoms. The second kappa shape index (κ2) is 8.33. The highest BCUT2D eigenvalue weighted by atomic mass is 32.2. The Bertz CT molecular complexity index is 705. The molecule has 148 valence electrons. The zero-order valence-electron chi connectivity index (χ0n) is 14.8. The van der Waals surface area contributed by atoms with Gasteiger partial charge in [-0.05, 0) is 19.3 Å². The van der Waals surface area contributed by atoms with E-state index in [1.54, 1.807) is 19.0 Å². The molecule has 0 aromatic carbocycles. The Hall–Kier alpha value is -1.69. The summed E-state index contributed by atoms with van der Waals surface area (Å²) in [5, 5.41) is 0. The number of nitrogens with one attached hydrogen (secondary N) is 1. The van der Waals surface area contributed by atoms with Gasteiger partial charge >= 0.3 is 6.18 Å². The number of alkyl halides is 3. The van der Waals surface area contributed by atoms with Crippen LogP contribution in [0.5, 0.6) is 0 Å². The number of hydrogen-bond donors (Lipinski definition) is 1. The fourth-order valence-electron chi connectivity index (χ4n) is 2.41. The Balaban J connectivity index is 2.11. The summed E-state index contributed by atoms with van der Waals surface area (Å²) in [5.41, 5.74) is 0. The van der Waals surface area contributed by atoms with Crippen LogP contribution in [0.1, 0.15) is 31.5 Å². The smallest absolute Gasteiger partial charge is 0.347 e. The molecule has 26 heavy (non-hydrogen) atoms. The van der Waals surface area contributed by atoms with Crippen LogP contribution in [0, 0.1) is 0 Å². The third-order valence-electron chi connectivity index (χ3n) is 3.80. The van der Waals surface area contributed by atoms with Gasteiger partial charge in [-0.2, -0.15) is 28.1 Å². The quantitative estimate of drug-likeness (QED) is 0.743. The molecule has 2 heterocycles. The van der Waals surface area contributed by atoms with E-state index in [0.29, 0.717) is 11.9 Å². The largest absolute Gasteiger partial charge is 0.390 e. The maximum Gasteiger partial charge on any atom is 0.390 e. The predicted octanol–water partition coefficient (Wildman–Crippen LogP) is 1.30. The molecule has 1 saturated heterocycles. The van der Waals surface area contributed by atoms with E-state index in [0.717, 1.165) is 32.4 Å². The van der Waals surface area contributed by atoms with Crippen LogP contribution in [0.3, 0.4) is 0 Å². The normalized spacial score (nSPS) is 16.0. The number of piperidine rings is 1. The number of halogens is 3. The zero-order valence-corrected chi connectivity index (χ0v) is 15.6. The van der Waals surface area contributed by atoms with Crippen molar-refractivity contribution in [2.75, 3.05) is 42.7 Å². The van der Waals surface area contributed by atoms with Crippen LogP contribution in [-0.2, 0) is 16.6 Å². The molecule has 0 amide bonds. The summed E-state index contributed by atoms with van der Waals surface area (Å²) in [6, 6.07) is 0. The van der Waals surface area contributed by atoms with Gasteiger partial charge < -0.3 is 9.80 Å². The van der Waals surface area contributed by atoms with Crippen LogP contribution in [0.2, 0.25) is 0 Å². The SMILES string of the molecule is CN(C)c1nc(CNS(=O)(=O)CCC(F)(F)F)nc(N2CCCCC2)n1. The summed E-state index contributed by atoms with van der Waals surface area (Å²) in [7, 11) is -0.596. The summed E-state index contributed by atoms with van der Waals surface area (Å²) >= 11 is 0. The third-order valence-corrected chi connectivity index (χ3v) is 5.13. The van der Waals surface area contributed by atoms with Crippen LogP contribution in [0.4, 0.5) is 25.1 Å². The van der Waals surface area contributed by atoms with Crippen molar-refractivity contribution in [1.29, 1.82) is 0 Å². The fraction of sp³-hybridized carbons (Fsp3) is 0.786. The van der Waals surface area contributed by atoms with E-state index in [2.05, 4.69) is 19.7 Å². The molecule has 0 saturated carbocycles. The first-order valence-electron chi connectivity index (χ1n) is 8.27. The summed E-state index contributed by atoms with van der Waals surface area (Å²) in [4.78, 5) is 16.5. The van der Waals surface area contributed by atoms with E-state index in [1.165, 1.54) is 0 Å². The van der Waals surface area contributed by atoms with Crippen molar-refractivity contribution < 1.29 is 21.6 Å². The summed E-state index contributed by atoms with van der Waals surface area (Å²) in [5.74, 6) is -0.0426. The van der Waals surface area contributed by atoms with Crippen molar-refractivity contribution in [1.82, 2.24) is 19.7 Å². The minimum absolute atomic E-state index is 0.167. The van der Waals surface area contributed by atoms with E-state index >= 15 is 0 Å². The number of hydrogen-bond acceptors (Lipinski definition) is 7. The van der Waals surface area contributed by atoms with Crippen molar-refractivity contribution in [3.8, 4) is 0 Å². The first kappa shape index (κ1) is 20.6. The first-order valence-corrected chi connectivity index (χ1v) is 9.92. The van der Waals surface area contributed by atoms with Gasteiger partial charge in [-0.25, -0.2) is 13.1 Å². The van der Waals surface area contributed by atoms with Gasteiger partial charge in [0.1, 0.15) is 0 Å². The molecule has 12 heteroatoms. The highest BCUT2D eigenvalue weighted by Gasteiger charge is 2.30. The summed E-state index contributed by atoms with van der Waals surface area (Å²) in [6.45, 7) is 1.31. The van der Waals surface area contributed by atoms with Crippen LogP contribution >= 0.6 is 0 Å². The average Bonchev–Trinajstić information content (AvgIpc) is 2.58. The molecule has 0 unspecified atom stereocenters. The average molecular weight is 396 g/mol. The maximum atomic E-state index is 12.2. The van der Waals surface area contributed by atoms with Crippen LogP contribution in [0.25, 0.3) is 0 Å². The van der Waals surface area contributed by atoms with Crippen LogP contribution in [0.15, 0.2) is 0 Å². The van der Waals surface area contributed by atoms with E-state index in [9.17, 15) is 21.6 Å². The molecule has 1 aromatic heterocycles. The predicted molar refractivity (Wildman–Crippen MR) is 91.5 cm³/mol. The van der Waals surface area contributed by atoms with E-state index in [1.807, 2.05) is 4.90 Å². The Morgan fingerprint density at radius 2 is 1.77 bits per heavy atom. The van der Waals surface area contributed by atoms with Crippen LogP contribution in [-0.4, -0.2) is 62.5 Å². The van der Waals surface area contributed by atoms with E-state index in [4.69, 9.17) is 0 Å². The Kier molecular flexibility index (Phi) is 6.61. The van der Waals surface area contributed by atoms with E-state index < -0.39 is 28.4 Å². The van der Waals surface area contributed by atoms with E-state index in [-0.39, 0.29) is 12.4 Å². The van der Waals surface area contributed by atoms with Crippen molar-refractivity contribution in [3.63, 3.8) is 0 Å². The molecule has 0 aliphatic carbocycles. The molecule has 0 atom stereocenters. The molecule has 1 aliphatic heterocycles. The lowest BCUT2D eigenvalue weighted by atomic mass is 10.1. The van der Waals surface area contributed by atoms with Gasteiger partial charge in [0.2, 0.25) is 21.9 Å². The standard InChI is InChI=1S/C14H23F3N6O2S/c1-22(2)12-19-11(10-18-26(24,25)9-6-14(15,16)17)20-13(21-12)23-7-4-3-5-8-23/h18H,3-10H2,1-2H3. The molecular formula is C14H23F3N6O2S. The monoisotopic (exact) mass is 396 g/mol. The lowest BCUT2D eigenvalue weighted by Crippen LogP contribution is -2.33. The molecular weight excluding hydrogens is 373 g/mol. The number of rotatable bonds is 7. The number of sulfonamides is 1. The van der Waals surface area contributed by atoms with Gasteiger partial charge in [0, 0.05) is 27.2 Å². The number of nitrogens with zero attached hydrogens (tertiary/aromatic N) is 5. The maximum absolute atomic E-state index is 12.2. The van der Waals surface area contributed by atoms with Crippen molar-refractivity contribution in [3.05, 3.63) is 5.82 Å². The van der Waals surface area contributed by atoms with Crippen molar-refractivity contribution in [2.45, 2.75) is 38.4 Å². The zero-order chi connectivity index (χ0) is 19.4. The Morgan fingerprint density at radius 3 is 2.35 bits per heavy atom. The van der Waals surface area contributed by atoms with Crippen molar-refractivity contribution >= 4 is 21.9 Å². The van der Waals surface area contributed by atoms with Gasteiger partial charge in [-0.15, -0.1) is 0 Å².